The van der Waals surface area contributed by atoms with Crippen molar-refractivity contribution in [2.75, 3.05) is 5.73 Å². The number of para-hydroxylation sites is 1. The van der Waals surface area contributed by atoms with Gasteiger partial charge < -0.3 is 10.5 Å². The van der Waals surface area contributed by atoms with Crippen molar-refractivity contribution in [2.45, 2.75) is 4.90 Å². The summed E-state index contributed by atoms with van der Waals surface area (Å²) in [6.07, 6.45) is 0. The van der Waals surface area contributed by atoms with Gasteiger partial charge in [0.15, 0.2) is 0 Å². The lowest BCUT2D eigenvalue weighted by molar-refractivity contribution is 0.468. The molecule has 0 radical (unpaired) electrons. The van der Waals surface area contributed by atoms with E-state index >= 15 is 0 Å². The predicted octanol–water partition coefficient (Wildman–Crippen LogP) is 1.71. The molecule has 94 valence electrons. The Labute approximate surface area is 105 Å². The molecule has 0 spiro atoms. The van der Waals surface area contributed by atoms with Crippen molar-refractivity contribution in [1.29, 1.82) is 0 Å². The van der Waals surface area contributed by atoms with Crippen LogP contribution in [0.4, 0.5) is 5.69 Å². The highest BCUT2D eigenvalue weighted by Gasteiger charge is 2.14. The van der Waals surface area contributed by atoms with Crippen molar-refractivity contribution >= 4 is 15.7 Å². The van der Waals surface area contributed by atoms with Crippen LogP contribution in [0.15, 0.2) is 53.4 Å². The van der Waals surface area contributed by atoms with Gasteiger partial charge >= 0.3 is 0 Å². The highest BCUT2D eigenvalue weighted by molar-refractivity contribution is 7.89. The highest BCUT2D eigenvalue weighted by atomic mass is 32.2. The summed E-state index contributed by atoms with van der Waals surface area (Å²) in [5.41, 5.74) is 6.14. The van der Waals surface area contributed by atoms with E-state index in [9.17, 15) is 8.42 Å². The minimum Gasteiger partial charge on any atom is -0.456 e. The molecule has 0 aliphatic carbocycles. The SMILES string of the molecule is Nc1cccc(Oc2ccccc2S(N)(=O)=O)c1. The molecule has 2 aromatic carbocycles. The molecule has 0 saturated heterocycles. The number of primary sulfonamides is 1. The van der Waals surface area contributed by atoms with Crippen LogP contribution in [0.25, 0.3) is 0 Å². The second-order valence-electron chi connectivity index (χ2n) is 3.67. The van der Waals surface area contributed by atoms with E-state index in [-0.39, 0.29) is 10.6 Å². The fourth-order valence-electron chi connectivity index (χ4n) is 1.47. The van der Waals surface area contributed by atoms with Crippen molar-refractivity contribution in [2.24, 2.45) is 5.14 Å². The summed E-state index contributed by atoms with van der Waals surface area (Å²) in [6, 6.07) is 12.8. The molecular weight excluding hydrogens is 252 g/mol. The number of sulfonamides is 1. The minimum absolute atomic E-state index is 0.0626. The van der Waals surface area contributed by atoms with Crippen LogP contribution in [0, 0.1) is 0 Å². The van der Waals surface area contributed by atoms with E-state index in [2.05, 4.69) is 0 Å². The first-order valence-electron chi connectivity index (χ1n) is 5.12. The third-order valence-electron chi connectivity index (χ3n) is 2.24. The second-order valence-corrected chi connectivity index (χ2v) is 5.20. The Morgan fingerprint density at radius 3 is 2.39 bits per heavy atom. The number of anilines is 1. The Morgan fingerprint density at radius 1 is 1.00 bits per heavy atom. The van der Waals surface area contributed by atoms with E-state index in [1.807, 2.05) is 0 Å². The maximum absolute atomic E-state index is 11.4. The van der Waals surface area contributed by atoms with Gasteiger partial charge in [-0.2, -0.15) is 0 Å². The molecule has 6 heteroatoms. The van der Waals surface area contributed by atoms with E-state index < -0.39 is 10.0 Å². The molecule has 0 bridgehead atoms. The largest absolute Gasteiger partial charge is 0.456 e. The smallest absolute Gasteiger partial charge is 0.241 e. The first-order valence-corrected chi connectivity index (χ1v) is 6.67. The van der Waals surface area contributed by atoms with Crippen molar-refractivity contribution in [3.8, 4) is 11.5 Å². The van der Waals surface area contributed by atoms with Crippen LogP contribution in [-0.2, 0) is 10.0 Å². The molecule has 18 heavy (non-hydrogen) atoms. The predicted molar refractivity (Wildman–Crippen MR) is 68.7 cm³/mol. The zero-order valence-corrected chi connectivity index (χ0v) is 10.2. The summed E-state index contributed by atoms with van der Waals surface area (Å²) in [7, 11) is -3.82. The Kier molecular flexibility index (Phi) is 3.22. The zero-order chi connectivity index (χ0) is 13.2. The summed E-state index contributed by atoms with van der Waals surface area (Å²) < 4.78 is 28.2. The molecule has 0 aromatic heterocycles. The zero-order valence-electron chi connectivity index (χ0n) is 9.41. The first kappa shape index (κ1) is 12.4. The van der Waals surface area contributed by atoms with E-state index in [4.69, 9.17) is 15.6 Å². The molecule has 5 nitrogen and oxygen atoms in total. The molecule has 0 saturated carbocycles. The van der Waals surface area contributed by atoms with Crippen LogP contribution in [0.1, 0.15) is 0 Å². The monoisotopic (exact) mass is 264 g/mol. The van der Waals surface area contributed by atoms with E-state index in [0.29, 0.717) is 11.4 Å². The second kappa shape index (κ2) is 4.67. The van der Waals surface area contributed by atoms with Gasteiger partial charge in [0.1, 0.15) is 16.4 Å². The van der Waals surface area contributed by atoms with Crippen LogP contribution in [0.3, 0.4) is 0 Å². The average molecular weight is 264 g/mol. The Hall–Kier alpha value is -2.05. The maximum atomic E-state index is 11.4. The topological polar surface area (TPSA) is 95.4 Å². The molecule has 0 aliphatic rings. The third-order valence-corrected chi connectivity index (χ3v) is 3.19. The quantitative estimate of drug-likeness (QED) is 0.825. The van der Waals surface area contributed by atoms with Crippen LogP contribution in [0.5, 0.6) is 11.5 Å². The number of hydrogen-bond donors (Lipinski definition) is 2. The van der Waals surface area contributed by atoms with Gasteiger partial charge in [-0.1, -0.05) is 18.2 Å². The molecule has 2 aromatic rings. The Balaban J connectivity index is 2.41. The number of ether oxygens (including phenoxy) is 1. The van der Waals surface area contributed by atoms with Crippen molar-refractivity contribution in [3.05, 3.63) is 48.5 Å². The molecule has 0 atom stereocenters. The number of hydrogen-bond acceptors (Lipinski definition) is 4. The van der Waals surface area contributed by atoms with Gasteiger partial charge in [-0.05, 0) is 24.3 Å². The summed E-state index contributed by atoms with van der Waals surface area (Å²) >= 11 is 0. The fourth-order valence-corrected chi connectivity index (χ4v) is 2.13. The molecule has 0 aliphatic heterocycles. The standard InChI is InChI=1S/C12H12N2O3S/c13-9-4-3-5-10(8-9)17-11-6-1-2-7-12(11)18(14,15)16/h1-8H,13H2,(H2,14,15,16). The molecule has 0 heterocycles. The highest BCUT2D eigenvalue weighted by Crippen LogP contribution is 2.28. The number of nitrogen functional groups attached to an aromatic ring is 1. The van der Waals surface area contributed by atoms with Gasteiger partial charge in [0.25, 0.3) is 0 Å². The number of nitrogens with two attached hydrogens (primary N) is 2. The van der Waals surface area contributed by atoms with Gasteiger partial charge in [-0.15, -0.1) is 0 Å². The molecular formula is C12H12N2O3S. The summed E-state index contributed by atoms with van der Waals surface area (Å²) in [5, 5.41) is 5.11. The van der Waals surface area contributed by atoms with Crippen LogP contribution >= 0.6 is 0 Å². The molecule has 0 fully saturated rings. The summed E-state index contributed by atoms with van der Waals surface area (Å²) in [6.45, 7) is 0. The van der Waals surface area contributed by atoms with E-state index in [1.54, 1.807) is 36.4 Å². The van der Waals surface area contributed by atoms with Gasteiger partial charge in [-0.25, -0.2) is 13.6 Å². The third kappa shape index (κ3) is 2.79. The number of benzene rings is 2. The molecule has 0 unspecified atom stereocenters. The summed E-state index contributed by atoms with van der Waals surface area (Å²) in [5.74, 6) is 0.622. The maximum Gasteiger partial charge on any atom is 0.241 e. The van der Waals surface area contributed by atoms with Gasteiger partial charge in [0, 0.05) is 11.8 Å². The van der Waals surface area contributed by atoms with E-state index in [1.165, 1.54) is 12.1 Å². The first-order chi connectivity index (χ1) is 8.47. The van der Waals surface area contributed by atoms with Gasteiger partial charge in [0.2, 0.25) is 10.0 Å². The normalized spacial score (nSPS) is 11.2. The summed E-state index contributed by atoms with van der Waals surface area (Å²) in [4.78, 5) is -0.0626. The van der Waals surface area contributed by atoms with E-state index in [0.717, 1.165) is 0 Å². The van der Waals surface area contributed by atoms with Crippen LogP contribution in [-0.4, -0.2) is 8.42 Å². The van der Waals surface area contributed by atoms with Crippen molar-refractivity contribution in [1.82, 2.24) is 0 Å². The molecule has 2 rings (SSSR count). The molecule has 0 amide bonds. The average Bonchev–Trinajstić information content (AvgIpc) is 2.28. The van der Waals surface area contributed by atoms with Crippen molar-refractivity contribution < 1.29 is 13.2 Å². The minimum atomic E-state index is -3.82. The van der Waals surface area contributed by atoms with Crippen LogP contribution in [0.2, 0.25) is 0 Å². The fraction of sp³-hybridized carbons (Fsp3) is 0. The van der Waals surface area contributed by atoms with Gasteiger partial charge in [-0.3, -0.25) is 0 Å². The molecule has 4 N–H and O–H groups in total. The lowest BCUT2D eigenvalue weighted by atomic mass is 10.3. The van der Waals surface area contributed by atoms with Crippen LogP contribution < -0.4 is 15.6 Å². The number of rotatable bonds is 3. The Bertz CT molecular complexity index is 669. The lowest BCUT2D eigenvalue weighted by Gasteiger charge is -2.09. The lowest BCUT2D eigenvalue weighted by Crippen LogP contribution is -2.13. The van der Waals surface area contributed by atoms with Gasteiger partial charge in [0.05, 0.1) is 0 Å². The Morgan fingerprint density at radius 2 is 1.72 bits per heavy atom. The van der Waals surface area contributed by atoms with Crippen molar-refractivity contribution in [3.63, 3.8) is 0 Å².